The van der Waals surface area contributed by atoms with Gasteiger partial charge in [-0.1, -0.05) is 29.6 Å². The van der Waals surface area contributed by atoms with Crippen molar-refractivity contribution < 1.29 is 37.9 Å². The number of unbranched alkanes of at least 4 members (excludes halogenated alkanes) is 2. The quantitative estimate of drug-likeness (QED) is 0.116. The molecule has 1 aliphatic heterocycles. The van der Waals surface area contributed by atoms with E-state index < -0.39 is 46.8 Å². The second kappa shape index (κ2) is 11.8. The number of ether oxygens (including phenoxy) is 1. The highest BCUT2D eigenvalue weighted by Gasteiger charge is 2.32. The lowest BCUT2D eigenvalue weighted by molar-refractivity contribution is -0.220. The van der Waals surface area contributed by atoms with Crippen molar-refractivity contribution in [2.45, 2.75) is 58.1 Å². The number of fused-ring (bicyclic) bond motifs is 1. The Morgan fingerprint density at radius 1 is 1.21 bits per heavy atom. The summed E-state index contributed by atoms with van der Waals surface area (Å²) in [4.78, 5) is 53.9. The number of aryl methyl sites for hydroxylation is 1. The van der Waals surface area contributed by atoms with Gasteiger partial charge in [0, 0.05) is 41.3 Å². The molecule has 1 unspecified atom stereocenters. The number of hydroxylamine groups is 2. The maximum Gasteiger partial charge on any atom is 0.345 e. The van der Waals surface area contributed by atoms with Crippen LogP contribution < -0.4 is 10.4 Å². The smallest absolute Gasteiger partial charge is 0.345 e. The van der Waals surface area contributed by atoms with Crippen LogP contribution in [0.1, 0.15) is 50.3 Å². The summed E-state index contributed by atoms with van der Waals surface area (Å²) in [7, 11) is 0. The highest BCUT2D eigenvalue weighted by Crippen LogP contribution is 2.42. The van der Waals surface area contributed by atoms with Crippen molar-refractivity contribution in [3.8, 4) is 16.2 Å². The Morgan fingerprint density at radius 2 is 1.97 bits per heavy atom. The predicted octanol–water partition coefficient (Wildman–Crippen LogP) is 5.39. The number of hydrogen-bond donors (Lipinski definition) is 1. The van der Waals surface area contributed by atoms with E-state index in [0.717, 1.165) is 29.7 Å². The molecule has 0 aliphatic carbocycles. The summed E-state index contributed by atoms with van der Waals surface area (Å²) in [6.45, 7) is 1.07. The fraction of sp³-hybridized carbons (Fsp3) is 0.360. The minimum atomic E-state index is -1.10. The number of carbonyl (C=O) groups excluding carboxylic acids is 3. The van der Waals surface area contributed by atoms with Gasteiger partial charge in [-0.3, -0.25) is 9.59 Å². The number of aliphatic hydroxyl groups excluding tert-OH is 1. The molecule has 1 aliphatic rings. The number of benzene rings is 1. The zero-order valence-corrected chi connectivity index (χ0v) is 22.4. The van der Waals surface area contributed by atoms with Crippen molar-refractivity contribution in [1.29, 1.82) is 0 Å². The zero-order chi connectivity index (χ0) is 27.6. The molecule has 2 aromatic heterocycles. The third-order valence-corrected chi connectivity index (χ3v) is 7.81. The Hall–Kier alpha value is -2.99. The molecule has 1 amide bonds. The van der Waals surface area contributed by atoms with Crippen molar-refractivity contribution in [2.24, 2.45) is 0 Å². The van der Waals surface area contributed by atoms with Gasteiger partial charge in [0.05, 0.1) is 10.6 Å². The average molecular weight is 586 g/mol. The molecule has 13 heteroatoms. The Balaban J connectivity index is 1.38. The van der Waals surface area contributed by atoms with Gasteiger partial charge >= 0.3 is 17.6 Å². The van der Waals surface area contributed by atoms with Gasteiger partial charge in [-0.05, 0) is 37.5 Å². The molecule has 1 aromatic carbocycles. The first-order valence-corrected chi connectivity index (χ1v) is 13.3. The summed E-state index contributed by atoms with van der Waals surface area (Å²) in [6.07, 6.45) is 2.13. The van der Waals surface area contributed by atoms with Crippen LogP contribution in [0.25, 0.3) is 21.4 Å². The minimum absolute atomic E-state index is 0.0599. The van der Waals surface area contributed by atoms with Gasteiger partial charge in [0.25, 0.3) is 5.91 Å². The van der Waals surface area contributed by atoms with E-state index >= 15 is 0 Å². The molecule has 0 saturated carbocycles. The maximum absolute atomic E-state index is 14.9. The second-order valence-corrected chi connectivity index (χ2v) is 10.5. The van der Waals surface area contributed by atoms with Crippen LogP contribution in [0, 0.1) is 5.82 Å². The van der Waals surface area contributed by atoms with E-state index in [1.165, 1.54) is 17.4 Å². The van der Waals surface area contributed by atoms with Crippen LogP contribution in [0.15, 0.2) is 27.4 Å². The number of esters is 1. The van der Waals surface area contributed by atoms with Crippen LogP contribution in [0.2, 0.25) is 10.0 Å². The van der Waals surface area contributed by atoms with Crippen LogP contribution in [0.4, 0.5) is 4.39 Å². The fourth-order valence-electron chi connectivity index (χ4n) is 3.94. The molecule has 1 atom stereocenters. The molecule has 3 heterocycles. The summed E-state index contributed by atoms with van der Waals surface area (Å²) in [5, 5.41) is 9.99. The molecule has 202 valence electrons. The number of halogens is 3. The maximum atomic E-state index is 14.9. The Labute approximate surface area is 229 Å². The lowest BCUT2D eigenvalue weighted by Gasteiger charge is -2.18. The van der Waals surface area contributed by atoms with E-state index in [2.05, 4.69) is 0 Å². The molecule has 0 spiro atoms. The number of aliphatic hydroxyl groups is 1. The van der Waals surface area contributed by atoms with Crippen molar-refractivity contribution in [2.75, 3.05) is 0 Å². The predicted molar refractivity (Wildman–Crippen MR) is 137 cm³/mol. The summed E-state index contributed by atoms with van der Waals surface area (Å²) >= 11 is 13.7. The molecule has 1 N–H and O–H groups in total. The van der Waals surface area contributed by atoms with E-state index in [1.54, 1.807) is 6.07 Å². The van der Waals surface area contributed by atoms with Crippen LogP contribution in [0.3, 0.4) is 0 Å². The van der Waals surface area contributed by atoms with Crippen LogP contribution >= 0.6 is 34.5 Å². The van der Waals surface area contributed by atoms with Crippen molar-refractivity contribution in [3.05, 3.63) is 49.4 Å². The number of amides is 1. The van der Waals surface area contributed by atoms with Crippen LogP contribution in [-0.2, 0) is 25.6 Å². The second-order valence-electron chi connectivity index (χ2n) is 8.58. The SMILES string of the molecule is CC(=O)Oc1c(Cl)c(Cl)c2cc(-c3ccc(CCCCCC(=O)ON4C(=O)CCC4O)s3)c(=O)oc2c1F. The molecular formula is C25H22Cl2FNO8S. The molecule has 38 heavy (non-hydrogen) atoms. The van der Waals surface area contributed by atoms with E-state index in [0.29, 0.717) is 17.7 Å². The average Bonchev–Trinajstić information content (AvgIpc) is 3.46. The molecule has 0 bridgehead atoms. The summed E-state index contributed by atoms with van der Waals surface area (Å²) in [6, 6.07) is 4.99. The Morgan fingerprint density at radius 3 is 2.66 bits per heavy atom. The number of rotatable bonds is 9. The summed E-state index contributed by atoms with van der Waals surface area (Å²) in [5.41, 5.74) is -1.09. The lowest BCUT2D eigenvalue weighted by atomic mass is 10.1. The number of hydrogen-bond acceptors (Lipinski definition) is 9. The monoisotopic (exact) mass is 585 g/mol. The van der Waals surface area contributed by atoms with Gasteiger partial charge < -0.3 is 19.1 Å². The number of thiophene rings is 1. The fourth-order valence-corrected chi connectivity index (χ4v) is 5.44. The van der Waals surface area contributed by atoms with Crippen LogP contribution in [-0.4, -0.2) is 34.2 Å². The van der Waals surface area contributed by atoms with Crippen molar-refractivity contribution in [3.63, 3.8) is 0 Å². The van der Waals surface area contributed by atoms with E-state index in [4.69, 9.17) is 37.2 Å². The first kappa shape index (κ1) is 28.0. The van der Waals surface area contributed by atoms with Crippen molar-refractivity contribution in [1.82, 2.24) is 5.06 Å². The van der Waals surface area contributed by atoms with E-state index in [1.807, 2.05) is 6.07 Å². The largest absolute Gasteiger partial charge is 0.422 e. The van der Waals surface area contributed by atoms with Gasteiger partial charge in [0.1, 0.15) is 5.02 Å². The van der Waals surface area contributed by atoms with Gasteiger partial charge in [-0.2, -0.15) is 4.39 Å². The van der Waals surface area contributed by atoms with Gasteiger partial charge in [-0.25, -0.2) is 9.59 Å². The topological polar surface area (TPSA) is 123 Å². The van der Waals surface area contributed by atoms with E-state index in [-0.39, 0.29) is 40.3 Å². The zero-order valence-electron chi connectivity index (χ0n) is 20.1. The summed E-state index contributed by atoms with van der Waals surface area (Å²) < 4.78 is 24.9. The summed E-state index contributed by atoms with van der Waals surface area (Å²) in [5.74, 6) is -3.52. The third kappa shape index (κ3) is 6.01. The third-order valence-electron chi connectivity index (χ3n) is 5.79. The standard InChI is InChI=1S/C25H22Cl2FNO8S/c1-12(30)35-24-21(27)20(26)15-11-14(25(34)36-23(15)22(24)28)16-8-7-13(38-16)5-3-2-4-6-19(33)37-29-17(31)9-10-18(29)32/h7-8,11,17,31H,2-6,9-10H2,1H3. The first-order valence-electron chi connectivity index (χ1n) is 11.7. The molecule has 4 rings (SSSR count). The Bertz CT molecular complexity index is 1470. The lowest BCUT2D eigenvalue weighted by Crippen LogP contribution is -2.35. The molecular weight excluding hydrogens is 564 g/mol. The van der Waals surface area contributed by atoms with Crippen molar-refractivity contribution >= 4 is 63.4 Å². The molecule has 0 radical (unpaired) electrons. The van der Waals surface area contributed by atoms with E-state index in [9.17, 15) is 28.7 Å². The van der Waals surface area contributed by atoms with Gasteiger partial charge in [0.2, 0.25) is 5.82 Å². The molecule has 3 aromatic rings. The highest BCUT2D eigenvalue weighted by atomic mass is 35.5. The molecule has 9 nitrogen and oxygen atoms in total. The number of nitrogens with zero attached hydrogens (tertiary/aromatic N) is 1. The van der Waals surface area contributed by atoms with Gasteiger partial charge in [0.15, 0.2) is 17.6 Å². The first-order chi connectivity index (χ1) is 18.1. The normalized spacial score (nSPS) is 15.3. The highest BCUT2D eigenvalue weighted by molar-refractivity contribution is 7.15. The molecule has 1 fully saturated rings. The molecule has 1 saturated heterocycles. The number of carbonyl (C=O) groups is 3. The Kier molecular flexibility index (Phi) is 8.71. The van der Waals surface area contributed by atoms with Gasteiger partial charge in [-0.15, -0.1) is 16.4 Å². The minimum Gasteiger partial charge on any atom is -0.422 e. The van der Waals surface area contributed by atoms with Crippen LogP contribution in [0.5, 0.6) is 5.75 Å².